The molecule has 112 valence electrons. The summed E-state index contributed by atoms with van der Waals surface area (Å²) in [6.45, 7) is 0.598. The number of halogens is 1. The number of amides is 2. The lowest BCUT2D eigenvalue weighted by molar-refractivity contribution is -0.122. The molecule has 0 saturated carbocycles. The molecule has 1 heterocycles. The molecular formula is C12H13ClN4O2S2. The van der Waals surface area contributed by atoms with Gasteiger partial charge in [0, 0.05) is 23.0 Å². The molecule has 0 atom stereocenters. The van der Waals surface area contributed by atoms with Crippen molar-refractivity contribution in [2.45, 2.75) is 0 Å². The minimum absolute atomic E-state index is 0.0125. The first kappa shape index (κ1) is 15.9. The number of thiocarbonyl (C=S) groups is 1. The molecule has 6 nitrogen and oxygen atoms in total. The minimum atomic E-state index is -0.332. The van der Waals surface area contributed by atoms with Crippen molar-refractivity contribution in [1.29, 1.82) is 0 Å². The highest BCUT2D eigenvalue weighted by molar-refractivity contribution is 8.13. The van der Waals surface area contributed by atoms with Gasteiger partial charge in [-0.3, -0.25) is 20.4 Å². The van der Waals surface area contributed by atoms with Crippen LogP contribution in [0.3, 0.4) is 0 Å². The van der Waals surface area contributed by atoms with Crippen LogP contribution in [-0.4, -0.2) is 40.0 Å². The molecule has 0 aliphatic carbocycles. The smallest absolute Gasteiger partial charge is 0.282 e. The van der Waals surface area contributed by atoms with Crippen LogP contribution in [0, 0.1) is 0 Å². The van der Waals surface area contributed by atoms with Crippen molar-refractivity contribution in [2.24, 2.45) is 0 Å². The van der Waals surface area contributed by atoms with Crippen LogP contribution < -0.4 is 16.2 Å². The third-order valence-corrected chi connectivity index (χ3v) is 3.91. The average molecular weight is 345 g/mol. The molecular weight excluding hydrogens is 332 g/mol. The van der Waals surface area contributed by atoms with Gasteiger partial charge in [0.15, 0.2) is 5.11 Å². The Bertz CT molecular complexity index is 570. The first-order valence-electron chi connectivity index (χ1n) is 6.08. The quantitative estimate of drug-likeness (QED) is 0.574. The topological polar surface area (TPSA) is 73.5 Å². The van der Waals surface area contributed by atoms with Gasteiger partial charge in [-0.1, -0.05) is 29.4 Å². The summed E-state index contributed by atoms with van der Waals surface area (Å²) in [4.78, 5) is 24.5. The van der Waals surface area contributed by atoms with E-state index in [9.17, 15) is 9.59 Å². The zero-order chi connectivity index (χ0) is 15.2. The molecule has 0 spiro atoms. The summed E-state index contributed by atoms with van der Waals surface area (Å²) in [5, 5.41) is 3.61. The molecule has 2 amide bonds. The van der Waals surface area contributed by atoms with Crippen molar-refractivity contribution in [3.8, 4) is 0 Å². The monoisotopic (exact) mass is 344 g/mol. The van der Waals surface area contributed by atoms with Crippen molar-refractivity contribution >= 4 is 57.5 Å². The van der Waals surface area contributed by atoms with Crippen LogP contribution in [0.1, 0.15) is 0 Å². The van der Waals surface area contributed by atoms with Crippen LogP contribution >= 0.6 is 35.6 Å². The van der Waals surface area contributed by atoms with Gasteiger partial charge in [-0.05, 0) is 30.4 Å². The number of hydrogen-bond acceptors (Lipinski definition) is 4. The third kappa shape index (κ3) is 5.07. The highest BCUT2D eigenvalue weighted by Gasteiger charge is 2.23. The van der Waals surface area contributed by atoms with Gasteiger partial charge in [0.05, 0.1) is 0 Å². The molecule has 1 aromatic carbocycles. The Morgan fingerprint density at radius 2 is 2.24 bits per heavy atom. The number of hydrogen-bond donors (Lipinski definition) is 3. The highest BCUT2D eigenvalue weighted by Crippen LogP contribution is 2.16. The summed E-state index contributed by atoms with van der Waals surface area (Å²) in [5.74, 6) is 0.384. The molecule has 0 bridgehead atoms. The van der Waals surface area contributed by atoms with E-state index in [1.807, 2.05) is 0 Å². The van der Waals surface area contributed by atoms with Crippen LogP contribution in [0.15, 0.2) is 24.3 Å². The van der Waals surface area contributed by atoms with Crippen molar-refractivity contribution < 1.29 is 9.59 Å². The van der Waals surface area contributed by atoms with Gasteiger partial charge in [0.1, 0.15) is 6.54 Å². The van der Waals surface area contributed by atoms with Crippen LogP contribution in [-0.2, 0) is 4.79 Å². The Labute approximate surface area is 136 Å². The van der Waals surface area contributed by atoms with E-state index >= 15 is 0 Å². The van der Waals surface area contributed by atoms with Crippen molar-refractivity contribution in [3.63, 3.8) is 0 Å². The van der Waals surface area contributed by atoms with E-state index in [1.54, 1.807) is 24.3 Å². The second kappa shape index (κ2) is 7.48. The minimum Gasteiger partial charge on any atom is -0.331 e. The Kier molecular flexibility index (Phi) is 5.66. The summed E-state index contributed by atoms with van der Waals surface area (Å²) < 4.78 is 0. The lowest BCUT2D eigenvalue weighted by Crippen LogP contribution is -2.47. The average Bonchev–Trinajstić information content (AvgIpc) is 2.82. The van der Waals surface area contributed by atoms with Crippen LogP contribution in [0.5, 0.6) is 0 Å². The molecule has 3 N–H and O–H groups in total. The number of nitrogens with zero attached hydrogens (tertiary/aromatic N) is 1. The van der Waals surface area contributed by atoms with Gasteiger partial charge in [-0.25, -0.2) is 0 Å². The molecule has 1 aliphatic heterocycles. The Balaban J connectivity index is 1.73. The SMILES string of the molecule is O=C(CN1CCSC1=O)NNC(=S)Nc1cccc(Cl)c1. The third-order valence-electron chi connectivity index (χ3n) is 2.58. The maximum atomic E-state index is 11.7. The van der Waals surface area contributed by atoms with Gasteiger partial charge >= 0.3 is 0 Å². The second-order valence-electron chi connectivity index (χ2n) is 4.17. The number of rotatable bonds is 3. The fourth-order valence-corrected chi connectivity index (χ4v) is 2.82. The summed E-state index contributed by atoms with van der Waals surface area (Å²) >= 11 is 12.1. The zero-order valence-electron chi connectivity index (χ0n) is 10.9. The molecule has 9 heteroatoms. The van der Waals surface area contributed by atoms with Crippen LogP contribution in [0.2, 0.25) is 5.02 Å². The summed E-state index contributed by atoms with van der Waals surface area (Å²) in [6.07, 6.45) is 0. The number of hydrazine groups is 1. The summed E-state index contributed by atoms with van der Waals surface area (Å²) in [5.41, 5.74) is 5.72. The lowest BCUT2D eigenvalue weighted by Gasteiger charge is -2.15. The zero-order valence-corrected chi connectivity index (χ0v) is 13.3. The first-order valence-corrected chi connectivity index (χ1v) is 7.85. The largest absolute Gasteiger partial charge is 0.331 e. The summed E-state index contributed by atoms with van der Waals surface area (Å²) in [6, 6.07) is 7.03. The first-order chi connectivity index (χ1) is 10.0. The number of carbonyl (C=O) groups excluding carboxylic acids is 2. The Morgan fingerprint density at radius 1 is 1.43 bits per heavy atom. The van der Waals surface area contributed by atoms with Crippen molar-refractivity contribution in [2.75, 3.05) is 24.2 Å². The predicted octanol–water partition coefficient (Wildman–Crippen LogP) is 1.83. The highest BCUT2D eigenvalue weighted by atomic mass is 35.5. The molecule has 2 rings (SSSR count). The Morgan fingerprint density at radius 3 is 2.90 bits per heavy atom. The second-order valence-corrected chi connectivity index (χ2v) is 6.06. The maximum absolute atomic E-state index is 11.7. The molecule has 0 aromatic heterocycles. The lowest BCUT2D eigenvalue weighted by atomic mass is 10.3. The van der Waals surface area contributed by atoms with Gasteiger partial charge in [-0.15, -0.1) is 0 Å². The fourth-order valence-electron chi connectivity index (χ4n) is 1.64. The molecule has 1 aromatic rings. The van der Waals surface area contributed by atoms with Gasteiger partial charge in [-0.2, -0.15) is 0 Å². The number of benzene rings is 1. The van der Waals surface area contributed by atoms with E-state index in [-0.39, 0.29) is 22.8 Å². The number of anilines is 1. The van der Waals surface area contributed by atoms with Crippen LogP contribution in [0.25, 0.3) is 0 Å². The Hall–Kier alpha value is -1.51. The number of carbonyl (C=O) groups is 2. The van der Waals surface area contributed by atoms with E-state index in [2.05, 4.69) is 16.2 Å². The standard InChI is InChI=1S/C12H13ClN4O2S2/c13-8-2-1-3-9(6-8)14-11(20)16-15-10(18)7-17-4-5-21-12(17)19/h1-3,6H,4-5,7H2,(H,15,18)(H2,14,16,20). The summed E-state index contributed by atoms with van der Waals surface area (Å²) in [7, 11) is 0. The number of thioether (sulfide) groups is 1. The van der Waals surface area contributed by atoms with Crippen molar-refractivity contribution in [1.82, 2.24) is 15.8 Å². The van der Waals surface area contributed by atoms with E-state index in [0.717, 1.165) is 0 Å². The molecule has 1 saturated heterocycles. The van der Waals surface area contributed by atoms with Crippen molar-refractivity contribution in [3.05, 3.63) is 29.3 Å². The normalized spacial score (nSPS) is 14.0. The maximum Gasteiger partial charge on any atom is 0.282 e. The van der Waals surface area contributed by atoms with E-state index in [4.69, 9.17) is 23.8 Å². The number of nitrogens with one attached hydrogen (secondary N) is 3. The van der Waals surface area contributed by atoms with E-state index < -0.39 is 0 Å². The molecule has 1 aliphatic rings. The predicted molar refractivity (Wildman–Crippen MR) is 88.4 cm³/mol. The van der Waals surface area contributed by atoms with E-state index in [1.165, 1.54) is 16.7 Å². The van der Waals surface area contributed by atoms with Gasteiger partial charge in [0.2, 0.25) is 0 Å². The van der Waals surface area contributed by atoms with Crippen LogP contribution in [0.4, 0.5) is 10.5 Å². The molecule has 0 unspecified atom stereocenters. The van der Waals surface area contributed by atoms with Gasteiger partial charge < -0.3 is 10.2 Å². The molecule has 1 fully saturated rings. The molecule has 21 heavy (non-hydrogen) atoms. The van der Waals surface area contributed by atoms with Gasteiger partial charge in [0.25, 0.3) is 11.1 Å². The molecule has 0 radical (unpaired) electrons. The fraction of sp³-hybridized carbons (Fsp3) is 0.250. The van der Waals surface area contributed by atoms with E-state index in [0.29, 0.717) is 23.0 Å².